The molecule has 7 heteroatoms. The van der Waals surface area contributed by atoms with E-state index in [4.69, 9.17) is 4.74 Å². The molecule has 1 aliphatic heterocycles. The van der Waals surface area contributed by atoms with E-state index >= 15 is 0 Å². The Bertz CT molecular complexity index is 1330. The van der Waals surface area contributed by atoms with E-state index < -0.39 is 0 Å². The molecular formula is C33H38N4O3. The lowest BCUT2D eigenvalue weighted by Gasteiger charge is -2.38. The third-order valence-corrected chi connectivity index (χ3v) is 7.72. The van der Waals surface area contributed by atoms with Gasteiger partial charge >= 0.3 is 0 Å². The number of amides is 2. The molecule has 2 amide bonds. The van der Waals surface area contributed by atoms with Crippen LogP contribution >= 0.6 is 0 Å². The molecule has 0 atom stereocenters. The van der Waals surface area contributed by atoms with E-state index in [1.54, 1.807) is 13.2 Å². The number of nitrogens with zero attached hydrogens (tertiary/aromatic N) is 2. The molecule has 0 unspecified atom stereocenters. The smallest absolute Gasteiger partial charge is 0.253 e. The van der Waals surface area contributed by atoms with Gasteiger partial charge in [-0.3, -0.25) is 9.59 Å². The lowest BCUT2D eigenvalue weighted by atomic mass is 9.95. The van der Waals surface area contributed by atoms with E-state index in [1.165, 1.54) is 12.5 Å². The Balaban J connectivity index is 1.33. The highest BCUT2D eigenvalue weighted by molar-refractivity contribution is 6.05. The zero-order valence-corrected chi connectivity index (χ0v) is 23.1. The number of rotatable bonds is 8. The summed E-state index contributed by atoms with van der Waals surface area (Å²) in [5.74, 6) is 0.551. The number of carbonyl (C=O) groups excluding carboxylic acids is 2. The molecule has 1 heterocycles. The van der Waals surface area contributed by atoms with E-state index in [1.807, 2.05) is 66.7 Å². The average Bonchev–Trinajstić information content (AvgIpc) is 3.01. The minimum Gasteiger partial charge on any atom is -0.495 e. The van der Waals surface area contributed by atoms with Gasteiger partial charge in [0.15, 0.2) is 0 Å². The Kier molecular flexibility index (Phi) is 9.01. The van der Waals surface area contributed by atoms with Gasteiger partial charge in [0.25, 0.3) is 5.91 Å². The van der Waals surface area contributed by atoms with Gasteiger partial charge in [-0.2, -0.15) is 0 Å². The van der Waals surface area contributed by atoms with Crippen LogP contribution in [0, 0.1) is 0 Å². The lowest BCUT2D eigenvalue weighted by molar-refractivity contribution is -0.111. The normalized spacial score (nSPS) is 16.1. The Morgan fingerprint density at radius 3 is 2.23 bits per heavy atom. The van der Waals surface area contributed by atoms with Crippen molar-refractivity contribution in [3.8, 4) is 5.75 Å². The first-order chi connectivity index (χ1) is 19.6. The molecule has 40 heavy (non-hydrogen) atoms. The molecule has 3 aromatic rings. The molecule has 3 aromatic carbocycles. The van der Waals surface area contributed by atoms with E-state index in [0.717, 1.165) is 74.6 Å². The number of piperazine rings is 1. The van der Waals surface area contributed by atoms with Crippen molar-refractivity contribution < 1.29 is 14.3 Å². The average molecular weight is 539 g/mol. The first-order valence-corrected chi connectivity index (χ1v) is 14.2. The molecule has 2 aliphatic rings. The summed E-state index contributed by atoms with van der Waals surface area (Å²) < 4.78 is 5.57. The van der Waals surface area contributed by atoms with Gasteiger partial charge in [-0.1, -0.05) is 61.7 Å². The summed E-state index contributed by atoms with van der Waals surface area (Å²) >= 11 is 0. The maximum atomic E-state index is 13.6. The van der Waals surface area contributed by atoms with Crippen LogP contribution in [0.4, 0.5) is 17.1 Å². The predicted molar refractivity (Wildman–Crippen MR) is 162 cm³/mol. The quantitative estimate of drug-likeness (QED) is 0.358. The molecule has 208 valence electrons. The maximum absolute atomic E-state index is 13.6. The molecule has 2 N–H and O–H groups in total. The number of hydrogen-bond acceptors (Lipinski definition) is 5. The topological polar surface area (TPSA) is 73.9 Å². The van der Waals surface area contributed by atoms with E-state index in [9.17, 15) is 9.59 Å². The number of ether oxygens (including phenoxy) is 1. The molecule has 1 aliphatic carbocycles. The van der Waals surface area contributed by atoms with Crippen molar-refractivity contribution in [2.24, 2.45) is 0 Å². The van der Waals surface area contributed by atoms with Gasteiger partial charge in [0, 0.05) is 49.7 Å². The van der Waals surface area contributed by atoms with E-state index in [-0.39, 0.29) is 17.9 Å². The maximum Gasteiger partial charge on any atom is 0.253 e. The number of hydrogen-bond donors (Lipinski definition) is 2. The number of para-hydroxylation sites is 2. The molecule has 7 nitrogen and oxygen atoms in total. The molecule has 0 spiro atoms. The van der Waals surface area contributed by atoms with Crippen molar-refractivity contribution in [1.82, 2.24) is 5.32 Å². The van der Waals surface area contributed by atoms with Crippen LogP contribution in [-0.4, -0.2) is 51.1 Å². The number of carbonyl (C=O) groups is 2. The highest BCUT2D eigenvalue weighted by atomic mass is 16.5. The van der Waals surface area contributed by atoms with Gasteiger partial charge in [0.2, 0.25) is 5.91 Å². The highest BCUT2D eigenvalue weighted by Gasteiger charge is 2.25. The fraction of sp³-hybridized carbons (Fsp3) is 0.333. The second kappa shape index (κ2) is 13.2. The first-order valence-electron chi connectivity index (χ1n) is 14.2. The van der Waals surface area contributed by atoms with E-state index in [0.29, 0.717) is 11.3 Å². The molecule has 1 saturated heterocycles. The largest absolute Gasteiger partial charge is 0.495 e. The van der Waals surface area contributed by atoms with Crippen LogP contribution in [-0.2, 0) is 4.79 Å². The van der Waals surface area contributed by atoms with Crippen molar-refractivity contribution in [3.63, 3.8) is 0 Å². The van der Waals surface area contributed by atoms with Crippen LogP contribution in [0.1, 0.15) is 48.0 Å². The minimum absolute atomic E-state index is 0.0787. The fourth-order valence-electron chi connectivity index (χ4n) is 5.58. The van der Waals surface area contributed by atoms with Crippen molar-refractivity contribution >= 4 is 35.0 Å². The molecule has 5 rings (SSSR count). The minimum atomic E-state index is -0.235. The molecular weight excluding hydrogens is 500 g/mol. The van der Waals surface area contributed by atoms with Gasteiger partial charge < -0.3 is 25.2 Å². The van der Waals surface area contributed by atoms with Gasteiger partial charge in [0.05, 0.1) is 18.4 Å². The Morgan fingerprint density at radius 2 is 1.50 bits per heavy atom. The molecule has 0 bridgehead atoms. The number of nitrogens with one attached hydrogen (secondary N) is 2. The van der Waals surface area contributed by atoms with Gasteiger partial charge in [-0.25, -0.2) is 0 Å². The standard InChI is InChI=1S/C33H38N4O3/c1-40-31-15-9-8-14-30(31)37-22-20-36(21-23-37)29-18-17-27(34-32(38)19-16-25-10-4-2-5-11-25)24-28(29)33(39)35-26-12-6-3-7-13-26/h2,4-5,8-11,14-19,24,26H,3,6-7,12-13,20-23H2,1H3,(H,34,38)(H,35,39)/b19-16+. The van der Waals surface area contributed by atoms with Crippen LogP contribution in [0.3, 0.4) is 0 Å². The predicted octanol–water partition coefficient (Wildman–Crippen LogP) is 5.74. The lowest BCUT2D eigenvalue weighted by Crippen LogP contribution is -2.47. The number of benzene rings is 3. The second-order valence-corrected chi connectivity index (χ2v) is 10.4. The summed E-state index contributed by atoms with van der Waals surface area (Å²) in [6.45, 7) is 3.17. The summed E-state index contributed by atoms with van der Waals surface area (Å²) in [5.41, 5.74) is 4.13. The Morgan fingerprint density at radius 1 is 0.825 bits per heavy atom. The highest BCUT2D eigenvalue weighted by Crippen LogP contribution is 2.31. The number of anilines is 3. The van der Waals surface area contributed by atoms with Gasteiger partial charge in [-0.05, 0) is 54.8 Å². The Labute approximate surface area is 236 Å². The van der Waals surface area contributed by atoms with Crippen LogP contribution in [0.15, 0.2) is 78.9 Å². The summed E-state index contributed by atoms with van der Waals surface area (Å²) in [7, 11) is 1.70. The summed E-state index contributed by atoms with van der Waals surface area (Å²) in [5, 5.41) is 6.21. The fourth-order valence-corrected chi connectivity index (χ4v) is 5.58. The van der Waals surface area contributed by atoms with E-state index in [2.05, 4.69) is 26.5 Å². The van der Waals surface area contributed by atoms with Crippen LogP contribution in [0.25, 0.3) is 6.08 Å². The van der Waals surface area contributed by atoms with Crippen LogP contribution < -0.4 is 25.2 Å². The molecule has 0 aromatic heterocycles. The zero-order chi connectivity index (χ0) is 27.7. The third-order valence-electron chi connectivity index (χ3n) is 7.72. The summed E-state index contributed by atoms with van der Waals surface area (Å²) in [6, 6.07) is 23.6. The molecule has 0 radical (unpaired) electrons. The van der Waals surface area contributed by atoms with Crippen LogP contribution in [0.2, 0.25) is 0 Å². The second-order valence-electron chi connectivity index (χ2n) is 10.4. The van der Waals surface area contributed by atoms with Crippen molar-refractivity contribution in [2.75, 3.05) is 48.4 Å². The molecule has 2 fully saturated rings. The van der Waals surface area contributed by atoms with Gasteiger partial charge in [-0.15, -0.1) is 0 Å². The summed E-state index contributed by atoms with van der Waals surface area (Å²) in [4.78, 5) is 30.9. The first kappa shape index (κ1) is 27.3. The van der Waals surface area contributed by atoms with Crippen molar-refractivity contribution in [2.45, 2.75) is 38.1 Å². The van der Waals surface area contributed by atoms with Crippen molar-refractivity contribution in [1.29, 1.82) is 0 Å². The van der Waals surface area contributed by atoms with Crippen LogP contribution in [0.5, 0.6) is 5.75 Å². The zero-order valence-electron chi connectivity index (χ0n) is 23.1. The third kappa shape index (κ3) is 6.84. The monoisotopic (exact) mass is 538 g/mol. The van der Waals surface area contributed by atoms with Crippen molar-refractivity contribution in [3.05, 3.63) is 90.0 Å². The SMILES string of the molecule is COc1ccccc1N1CCN(c2ccc(NC(=O)/C=C/c3ccccc3)cc2C(=O)NC2CCCCC2)CC1. The molecule has 1 saturated carbocycles. The summed E-state index contributed by atoms with van der Waals surface area (Å²) in [6.07, 6.45) is 8.84. The Hall–Kier alpha value is -4.26. The van der Waals surface area contributed by atoms with Gasteiger partial charge in [0.1, 0.15) is 5.75 Å². The number of methoxy groups -OCH3 is 1.